The molecular weight excluding hydrogens is 435 g/mol. The fourth-order valence-electron chi connectivity index (χ4n) is 4.93. The molecule has 0 spiro atoms. The van der Waals surface area contributed by atoms with Crippen molar-refractivity contribution in [3.63, 3.8) is 0 Å². The van der Waals surface area contributed by atoms with Crippen molar-refractivity contribution in [2.24, 2.45) is 5.92 Å². The van der Waals surface area contributed by atoms with E-state index in [2.05, 4.69) is 29.8 Å². The summed E-state index contributed by atoms with van der Waals surface area (Å²) in [6.45, 7) is 2.09. The average Bonchev–Trinajstić information content (AvgIpc) is 3.53. The molecule has 5 rings (SSSR count). The smallest absolute Gasteiger partial charge is 0.384 e. The lowest BCUT2D eigenvalue weighted by Gasteiger charge is -2.19. The van der Waals surface area contributed by atoms with Crippen molar-refractivity contribution in [1.29, 1.82) is 0 Å². The number of hydrogen-bond donors (Lipinski definition) is 1. The monoisotopic (exact) mass is 461 g/mol. The third kappa shape index (κ3) is 4.46. The number of rotatable bonds is 6. The highest BCUT2D eigenvalue weighted by Gasteiger charge is 2.32. The number of nitrogens with one attached hydrogen (secondary N) is 1. The van der Waals surface area contributed by atoms with E-state index in [1.165, 1.54) is 6.07 Å². The fourth-order valence-corrected chi connectivity index (χ4v) is 4.93. The Bertz CT molecular complexity index is 1100. The van der Waals surface area contributed by atoms with Crippen LogP contribution in [0.25, 0.3) is 11.2 Å². The van der Waals surface area contributed by atoms with Crippen LogP contribution in [0.15, 0.2) is 31.0 Å². The first-order chi connectivity index (χ1) is 15.9. The molecule has 2 aliphatic rings. The summed E-state index contributed by atoms with van der Waals surface area (Å²) in [6.07, 6.45) is 3.96. The summed E-state index contributed by atoms with van der Waals surface area (Å²) in [7, 11) is 1.74. The molecular formula is C22H26F3N7O. The molecule has 3 unspecified atom stereocenters. The fraction of sp³-hybridized carbons (Fsp3) is 0.545. The van der Waals surface area contributed by atoms with Gasteiger partial charge in [-0.15, -0.1) is 0 Å². The molecule has 3 aromatic heterocycles. The Kier molecular flexibility index (Phi) is 5.81. The second kappa shape index (κ2) is 8.77. The Morgan fingerprint density at radius 2 is 2.00 bits per heavy atom. The molecule has 0 radical (unpaired) electrons. The van der Waals surface area contributed by atoms with E-state index in [1.807, 2.05) is 11.2 Å². The quantitative estimate of drug-likeness (QED) is 0.596. The number of nitrogens with zero attached hydrogens (tertiary/aromatic N) is 6. The predicted molar refractivity (Wildman–Crippen MR) is 117 cm³/mol. The lowest BCUT2D eigenvalue weighted by molar-refractivity contribution is -0.137. The second-order valence-electron chi connectivity index (χ2n) is 8.81. The summed E-state index contributed by atoms with van der Waals surface area (Å²) in [6, 6.07) is 2.93. The lowest BCUT2D eigenvalue weighted by atomic mass is 10.1. The number of hydrogen-bond acceptors (Lipinski definition) is 7. The number of halogens is 3. The van der Waals surface area contributed by atoms with Gasteiger partial charge in [-0.2, -0.15) is 13.2 Å². The number of anilines is 2. The van der Waals surface area contributed by atoms with Gasteiger partial charge in [-0.1, -0.05) is 0 Å². The third-order valence-electron chi connectivity index (χ3n) is 6.60. The largest absolute Gasteiger partial charge is 0.417 e. The standard InChI is InChI=1S/C22H26F3N7O/c1-33-11-14-2-4-17(8-14)32-13-29-19-20(27-12-28-21(19)32)30-16-6-7-31(10-16)18-5-3-15(9-26-18)22(23,24)25/h3,5,9,12-14,16-17H,2,4,6-8,10-11H2,1H3,(H,27,28,30). The zero-order valence-corrected chi connectivity index (χ0v) is 18.3. The topological polar surface area (TPSA) is 81.0 Å². The van der Waals surface area contributed by atoms with E-state index in [4.69, 9.17) is 4.74 Å². The third-order valence-corrected chi connectivity index (χ3v) is 6.60. The summed E-state index contributed by atoms with van der Waals surface area (Å²) in [5.41, 5.74) is 0.809. The highest BCUT2D eigenvalue weighted by Crippen LogP contribution is 2.37. The van der Waals surface area contributed by atoms with Gasteiger partial charge in [0, 0.05) is 45.1 Å². The zero-order valence-electron chi connectivity index (χ0n) is 18.3. The van der Waals surface area contributed by atoms with E-state index in [0.717, 1.165) is 55.7 Å². The first-order valence-electron chi connectivity index (χ1n) is 11.1. The lowest BCUT2D eigenvalue weighted by Crippen LogP contribution is -2.27. The molecule has 0 amide bonds. The first-order valence-corrected chi connectivity index (χ1v) is 11.1. The van der Waals surface area contributed by atoms with E-state index < -0.39 is 11.7 Å². The van der Waals surface area contributed by atoms with E-state index in [0.29, 0.717) is 36.7 Å². The molecule has 33 heavy (non-hydrogen) atoms. The van der Waals surface area contributed by atoms with Gasteiger partial charge in [0.2, 0.25) is 0 Å². The minimum atomic E-state index is -4.38. The van der Waals surface area contributed by atoms with Crippen LogP contribution in [0.2, 0.25) is 0 Å². The number of imidazole rings is 1. The molecule has 3 atom stereocenters. The van der Waals surface area contributed by atoms with Crippen molar-refractivity contribution < 1.29 is 17.9 Å². The van der Waals surface area contributed by atoms with Crippen LogP contribution in [-0.4, -0.2) is 57.4 Å². The average molecular weight is 461 g/mol. The minimum Gasteiger partial charge on any atom is -0.384 e. The number of ether oxygens (including phenoxy) is 1. The van der Waals surface area contributed by atoms with Crippen LogP contribution >= 0.6 is 0 Å². The number of aromatic nitrogens is 5. The zero-order chi connectivity index (χ0) is 23.0. The highest BCUT2D eigenvalue weighted by atomic mass is 19.4. The molecule has 8 nitrogen and oxygen atoms in total. The molecule has 0 aromatic carbocycles. The van der Waals surface area contributed by atoms with Gasteiger partial charge in [0.25, 0.3) is 0 Å². The maximum atomic E-state index is 12.8. The van der Waals surface area contributed by atoms with E-state index in [1.54, 1.807) is 13.4 Å². The molecule has 3 aromatic rings. The molecule has 1 saturated heterocycles. The highest BCUT2D eigenvalue weighted by molar-refractivity contribution is 5.83. The first kappa shape index (κ1) is 21.9. The molecule has 1 aliphatic carbocycles. The van der Waals surface area contributed by atoms with E-state index in [9.17, 15) is 13.2 Å². The van der Waals surface area contributed by atoms with Gasteiger partial charge in [-0.3, -0.25) is 0 Å². The normalized spacial score (nSPS) is 23.5. The summed E-state index contributed by atoms with van der Waals surface area (Å²) in [4.78, 5) is 19.5. The van der Waals surface area contributed by atoms with Crippen molar-refractivity contribution >= 4 is 22.8 Å². The van der Waals surface area contributed by atoms with Gasteiger partial charge in [0.05, 0.1) is 11.9 Å². The van der Waals surface area contributed by atoms with Crippen LogP contribution in [0, 0.1) is 5.92 Å². The summed E-state index contributed by atoms with van der Waals surface area (Å²) in [5, 5.41) is 3.46. The maximum Gasteiger partial charge on any atom is 0.417 e. The van der Waals surface area contributed by atoms with Crippen LogP contribution < -0.4 is 10.2 Å². The molecule has 11 heteroatoms. The maximum absolute atomic E-state index is 12.8. The molecule has 1 N–H and O–H groups in total. The Labute approximate surface area is 189 Å². The Balaban J connectivity index is 1.27. The van der Waals surface area contributed by atoms with Crippen molar-refractivity contribution in [3.05, 3.63) is 36.5 Å². The van der Waals surface area contributed by atoms with Crippen LogP contribution in [0.1, 0.15) is 37.3 Å². The summed E-state index contributed by atoms with van der Waals surface area (Å²) in [5.74, 6) is 1.77. The SMILES string of the molecule is COCC1CCC(n2cnc3c(NC4CCN(c5ccc(C(F)(F)F)cn5)C4)ncnc32)C1. The number of methoxy groups -OCH3 is 1. The Morgan fingerprint density at radius 3 is 2.76 bits per heavy atom. The van der Waals surface area contributed by atoms with Gasteiger partial charge in [-0.05, 0) is 43.7 Å². The Morgan fingerprint density at radius 1 is 1.12 bits per heavy atom. The van der Waals surface area contributed by atoms with Crippen molar-refractivity contribution in [2.75, 3.05) is 37.0 Å². The van der Waals surface area contributed by atoms with Crippen LogP contribution in [0.4, 0.5) is 24.8 Å². The van der Waals surface area contributed by atoms with Crippen LogP contribution in [0.5, 0.6) is 0 Å². The van der Waals surface area contributed by atoms with Crippen molar-refractivity contribution in [1.82, 2.24) is 24.5 Å². The molecule has 0 bridgehead atoms. The Hall–Kier alpha value is -2.95. The van der Waals surface area contributed by atoms with Gasteiger partial charge in [-0.25, -0.2) is 19.9 Å². The molecule has 4 heterocycles. The summed E-state index contributed by atoms with van der Waals surface area (Å²) < 4.78 is 45.8. The van der Waals surface area contributed by atoms with Gasteiger partial charge in [0.1, 0.15) is 17.7 Å². The van der Waals surface area contributed by atoms with Crippen molar-refractivity contribution in [3.8, 4) is 0 Å². The van der Waals surface area contributed by atoms with Crippen LogP contribution in [0.3, 0.4) is 0 Å². The van der Waals surface area contributed by atoms with E-state index >= 15 is 0 Å². The summed E-state index contributed by atoms with van der Waals surface area (Å²) >= 11 is 0. The van der Waals surface area contributed by atoms with Gasteiger partial charge < -0.3 is 19.5 Å². The van der Waals surface area contributed by atoms with E-state index in [-0.39, 0.29) is 6.04 Å². The number of fused-ring (bicyclic) bond motifs is 1. The molecule has 1 aliphatic heterocycles. The molecule has 1 saturated carbocycles. The van der Waals surface area contributed by atoms with Gasteiger partial charge >= 0.3 is 6.18 Å². The molecule has 2 fully saturated rings. The number of alkyl halides is 3. The predicted octanol–water partition coefficient (Wildman–Crippen LogP) is 3.92. The second-order valence-corrected chi connectivity index (χ2v) is 8.81. The van der Waals surface area contributed by atoms with Crippen molar-refractivity contribution in [2.45, 2.75) is 43.9 Å². The molecule has 176 valence electrons. The number of pyridine rings is 1. The van der Waals surface area contributed by atoms with Gasteiger partial charge in [0.15, 0.2) is 11.5 Å². The van der Waals surface area contributed by atoms with Crippen LogP contribution in [-0.2, 0) is 10.9 Å². The minimum absolute atomic E-state index is 0.0786.